The summed E-state index contributed by atoms with van der Waals surface area (Å²) in [6.07, 6.45) is 3.95. The number of carbonyl (C=O) groups excluding carboxylic acids is 1. The topological polar surface area (TPSA) is 41.6 Å². The van der Waals surface area contributed by atoms with E-state index in [9.17, 15) is 4.79 Å². The monoisotopic (exact) mass is 284 g/mol. The molecule has 1 saturated carbocycles. The second kappa shape index (κ2) is 6.90. The molecule has 0 aromatic carbocycles. The quantitative estimate of drug-likeness (QED) is 0.787. The van der Waals surface area contributed by atoms with Crippen LogP contribution >= 0.6 is 0 Å². The summed E-state index contributed by atoms with van der Waals surface area (Å²) in [5.74, 6) is -0.0867. The van der Waals surface area contributed by atoms with Gasteiger partial charge in [0.2, 0.25) is 0 Å². The number of carbonyl (C=O) groups is 1. The van der Waals surface area contributed by atoms with E-state index in [-0.39, 0.29) is 11.4 Å². The maximum atomic E-state index is 12.3. The van der Waals surface area contributed by atoms with E-state index in [1.165, 1.54) is 0 Å². The highest BCUT2D eigenvalue weighted by Gasteiger charge is 2.43. The fraction of sp³-hybridized carbons (Fsp3) is 0.938. The van der Waals surface area contributed by atoms with Crippen molar-refractivity contribution in [1.82, 2.24) is 10.2 Å². The van der Waals surface area contributed by atoms with Crippen molar-refractivity contribution in [2.45, 2.75) is 65.0 Å². The molecule has 0 aliphatic heterocycles. The predicted octanol–water partition coefficient (Wildman–Crippen LogP) is 2.43. The minimum absolute atomic E-state index is 0.0867. The van der Waals surface area contributed by atoms with E-state index in [2.05, 4.69) is 38.0 Å². The number of nitrogens with zero attached hydrogens (tertiary/aromatic N) is 1. The second-order valence-electron chi connectivity index (χ2n) is 7.28. The smallest absolute Gasteiger partial charge is 0.326 e. The normalized spacial score (nSPS) is 27.6. The van der Waals surface area contributed by atoms with Crippen LogP contribution in [0, 0.1) is 5.41 Å². The molecule has 0 heterocycles. The number of likely N-dealkylation sites (N-methyl/N-ethyl adjacent to an activating group) is 1. The van der Waals surface area contributed by atoms with Crippen LogP contribution < -0.4 is 5.32 Å². The highest BCUT2D eigenvalue weighted by molar-refractivity contribution is 5.81. The van der Waals surface area contributed by atoms with Crippen LogP contribution in [0.25, 0.3) is 0 Å². The van der Waals surface area contributed by atoms with Gasteiger partial charge in [0.05, 0.1) is 6.61 Å². The summed E-state index contributed by atoms with van der Waals surface area (Å²) in [5.41, 5.74) is -0.219. The van der Waals surface area contributed by atoms with Crippen LogP contribution in [-0.2, 0) is 9.53 Å². The SMILES string of the molecule is CCOC(=O)C1(NC)CCCC(N(C)CC(C)(C)C)C1. The Morgan fingerprint density at radius 2 is 2.10 bits per heavy atom. The highest BCUT2D eigenvalue weighted by atomic mass is 16.5. The maximum absolute atomic E-state index is 12.3. The molecule has 1 aliphatic rings. The summed E-state index contributed by atoms with van der Waals surface area (Å²) in [4.78, 5) is 14.7. The minimum atomic E-state index is -0.495. The third-order valence-corrected chi connectivity index (χ3v) is 4.22. The van der Waals surface area contributed by atoms with E-state index in [1.54, 1.807) is 0 Å². The molecule has 0 radical (unpaired) electrons. The average molecular weight is 284 g/mol. The molecule has 1 aliphatic carbocycles. The third-order valence-electron chi connectivity index (χ3n) is 4.22. The zero-order valence-corrected chi connectivity index (χ0v) is 14.1. The number of esters is 1. The van der Waals surface area contributed by atoms with Crippen LogP contribution in [0.4, 0.5) is 0 Å². The molecule has 1 N–H and O–H groups in total. The summed E-state index contributed by atoms with van der Waals surface area (Å²) in [5, 5.41) is 3.25. The van der Waals surface area contributed by atoms with Gasteiger partial charge >= 0.3 is 5.97 Å². The Hall–Kier alpha value is -0.610. The number of hydrogen-bond acceptors (Lipinski definition) is 4. The van der Waals surface area contributed by atoms with Crippen LogP contribution in [0.3, 0.4) is 0 Å². The molecule has 0 bridgehead atoms. The van der Waals surface area contributed by atoms with E-state index in [0.29, 0.717) is 12.6 Å². The van der Waals surface area contributed by atoms with Gasteiger partial charge in [0.1, 0.15) is 5.54 Å². The molecule has 1 fully saturated rings. The van der Waals surface area contributed by atoms with E-state index < -0.39 is 5.54 Å². The van der Waals surface area contributed by atoms with Crippen molar-refractivity contribution in [3.63, 3.8) is 0 Å². The van der Waals surface area contributed by atoms with E-state index in [0.717, 1.165) is 32.2 Å². The Morgan fingerprint density at radius 1 is 1.45 bits per heavy atom. The molecular weight excluding hydrogens is 252 g/mol. The van der Waals surface area contributed by atoms with Crippen LogP contribution in [0.1, 0.15) is 53.4 Å². The molecule has 0 aromatic rings. The zero-order chi connectivity index (χ0) is 15.4. The van der Waals surface area contributed by atoms with Gasteiger partial charge in [-0.15, -0.1) is 0 Å². The van der Waals surface area contributed by atoms with Gasteiger partial charge in [0, 0.05) is 12.6 Å². The summed E-state index contributed by atoms with van der Waals surface area (Å²) < 4.78 is 5.28. The lowest BCUT2D eigenvalue weighted by molar-refractivity contribution is -0.153. The molecule has 2 atom stereocenters. The standard InChI is InChI=1S/C16H32N2O2/c1-7-20-14(19)16(17-5)10-8-9-13(11-16)18(6)12-15(2,3)4/h13,17H,7-12H2,1-6H3. The maximum Gasteiger partial charge on any atom is 0.326 e. The molecule has 0 spiro atoms. The van der Waals surface area contributed by atoms with Gasteiger partial charge in [-0.3, -0.25) is 4.79 Å². The van der Waals surface area contributed by atoms with Crippen molar-refractivity contribution in [2.24, 2.45) is 5.41 Å². The third kappa shape index (κ3) is 4.45. The molecular formula is C16H32N2O2. The van der Waals surface area contributed by atoms with Crippen molar-refractivity contribution >= 4 is 5.97 Å². The fourth-order valence-corrected chi connectivity index (χ4v) is 3.28. The fourth-order valence-electron chi connectivity index (χ4n) is 3.28. The summed E-state index contributed by atoms with van der Waals surface area (Å²) in [6, 6.07) is 0.444. The Kier molecular flexibility index (Phi) is 6.02. The van der Waals surface area contributed by atoms with E-state index in [4.69, 9.17) is 4.74 Å². The molecule has 4 heteroatoms. The highest BCUT2D eigenvalue weighted by Crippen LogP contribution is 2.33. The molecule has 20 heavy (non-hydrogen) atoms. The van der Waals surface area contributed by atoms with Gasteiger partial charge < -0.3 is 15.0 Å². The molecule has 0 aromatic heterocycles. The molecule has 0 saturated heterocycles. The summed E-state index contributed by atoms with van der Waals surface area (Å²) in [6.45, 7) is 10.1. The van der Waals surface area contributed by atoms with Gasteiger partial charge in [-0.05, 0) is 52.1 Å². The molecule has 1 rings (SSSR count). The van der Waals surface area contributed by atoms with Gasteiger partial charge in [0.25, 0.3) is 0 Å². The number of nitrogens with one attached hydrogen (secondary N) is 1. The van der Waals surface area contributed by atoms with Crippen LogP contribution in [0.2, 0.25) is 0 Å². The van der Waals surface area contributed by atoms with Gasteiger partial charge in [-0.25, -0.2) is 0 Å². The van der Waals surface area contributed by atoms with Crippen molar-refractivity contribution in [3.05, 3.63) is 0 Å². The Balaban J connectivity index is 2.75. The Labute approximate surface area is 124 Å². The molecule has 0 amide bonds. The van der Waals surface area contributed by atoms with Gasteiger partial charge in [0.15, 0.2) is 0 Å². The van der Waals surface area contributed by atoms with Gasteiger partial charge in [-0.2, -0.15) is 0 Å². The lowest BCUT2D eigenvalue weighted by atomic mass is 9.78. The van der Waals surface area contributed by atoms with Crippen molar-refractivity contribution in [2.75, 3.05) is 27.2 Å². The summed E-state index contributed by atoms with van der Waals surface area (Å²) in [7, 11) is 4.05. The van der Waals surface area contributed by atoms with Crippen molar-refractivity contribution in [1.29, 1.82) is 0 Å². The number of rotatable bonds is 5. The first-order chi connectivity index (χ1) is 9.24. The molecule has 2 unspecified atom stereocenters. The average Bonchev–Trinajstić information content (AvgIpc) is 2.37. The van der Waals surface area contributed by atoms with E-state index in [1.807, 2.05) is 14.0 Å². The minimum Gasteiger partial charge on any atom is -0.465 e. The van der Waals surface area contributed by atoms with E-state index >= 15 is 0 Å². The molecule has 118 valence electrons. The molecule has 4 nitrogen and oxygen atoms in total. The summed E-state index contributed by atoms with van der Waals surface area (Å²) >= 11 is 0. The lowest BCUT2D eigenvalue weighted by Crippen LogP contribution is -2.57. The van der Waals surface area contributed by atoms with Crippen LogP contribution in [0.5, 0.6) is 0 Å². The van der Waals surface area contributed by atoms with Crippen LogP contribution in [-0.4, -0.2) is 49.7 Å². The second-order valence-corrected chi connectivity index (χ2v) is 7.28. The first-order valence-electron chi connectivity index (χ1n) is 7.80. The first-order valence-corrected chi connectivity index (χ1v) is 7.80. The Bertz CT molecular complexity index is 325. The Morgan fingerprint density at radius 3 is 2.60 bits per heavy atom. The number of ether oxygens (including phenoxy) is 1. The lowest BCUT2D eigenvalue weighted by Gasteiger charge is -2.43. The zero-order valence-electron chi connectivity index (χ0n) is 14.1. The van der Waals surface area contributed by atoms with Gasteiger partial charge in [-0.1, -0.05) is 20.8 Å². The van der Waals surface area contributed by atoms with Crippen molar-refractivity contribution in [3.8, 4) is 0 Å². The number of hydrogen-bond donors (Lipinski definition) is 1. The van der Waals surface area contributed by atoms with Crippen molar-refractivity contribution < 1.29 is 9.53 Å². The largest absolute Gasteiger partial charge is 0.465 e. The van der Waals surface area contributed by atoms with Crippen LogP contribution in [0.15, 0.2) is 0 Å². The predicted molar refractivity (Wildman–Crippen MR) is 82.8 cm³/mol. The first kappa shape index (κ1) is 17.4.